The van der Waals surface area contributed by atoms with Crippen molar-refractivity contribution < 1.29 is 13.4 Å². The lowest BCUT2D eigenvalue weighted by atomic mass is 10.3. The summed E-state index contributed by atoms with van der Waals surface area (Å²) in [7, 11) is -1.39. The average Bonchev–Trinajstić information content (AvgIpc) is 3.00. The highest BCUT2D eigenvalue weighted by molar-refractivity contribution is 7.85. The van der Waals surface area contributed by atoms with Crippen LogP contribution in [0.3, 0.4) is 0 Å². The Morgan fingerprint density at radius 1 is 1.47 bits per heavy atom. The standard InChI is InChI=1S/C11H11FO2S/c12-9-2-1-3-10(6-9)15(14)7-11(13)8-4-5-8/h1-3,6,8H,4-5,7H2. The number of hydrogen-bond acceptors (Lipinski definition) is 2. The van der Waals surface area contributed by atoms with Crippen molar-refractivity contribution in [3.05, 3.63) is 30.1 Å². The molecule has 1 saturated carbocycles. The molecule has 0 N–H and O–H groups in total. The molecule has 80 valence electrons. The van der Waals surface area contributed by atoms with E-state index in [1.165, 1.54) is 18.2 Å². The average molecular weight is 226 g/mol. The topological polar surface area (TPSA) is 34.1 Å². The van der Waals surface area contributed by atoms with Gasteiger partial charge >= 0.3 is 0 Å². The van der Waals surface area contributed by atoms with Crippen LogP contribution in [-0.4, -0.2) is 15.7 Å². The Labute approximate surface area is 90.0 Å². The first-order valence-electron chi connectivity index (χ1n) is 4.83. The molecule has 0 bridgehead atoms. The van der Waals surface area contributed by atoms with Crippen LogP contribution >= 0.6 is 0 Å². The van der Waals surface area contributed by atoms with Crippen LogP contribution in [0.1, 0.15) is 12.8 Å². The maximum absolute atomic E-state index is 12.8. The molecule has 1 aromatic rings. The predicted molar refractivity (Wildman–Crippen MR) is 55.4 cm³/mol. The van der Waals surface area contributed by atoms with Gasteiger partial charge in [0, 0.05) is 10.8 Å². The minimum Gasteiger partial charge on any atom is -0.298 e. The van der Waals surface area contributed by atoms with Crippen molar-refractivity contribution in [2.75, 3.05) is 5.75 Å². The fourth-order valence-corrected chi connectivity index (χ4v) is 2.48. The molecule has 0 saturated heterocycles. The lowest BCUT2D eigenvalue weighted by molar-refractivity contribution is -0.117. The van der Waals surface area contributed by atoms with E-state index in [0.29, 0.717) is 4.90 Å². The highest BCUT2D eigenvalue weighted by Gasteiger charge is 2.30. The van der Waals surface area contributed by atoms with Gasteiger partial charge in [-0.15, -0.1) is 0 Å². The first kappa shape index (κ1) is 10.5. The summed E-state index contributed by atoms with van der Waals surface area (Å²) in [5.41, 5.74) is 0. The largest absolute Gasteiger partial charge is 0.298 e. The molecule has 0 aliphatic heterocycles. The van der Waals surface area contributed by atoms with E-state index in [2.05, 4.69) is 0 Å². The highest BCUT2D eigenvalue weighted by Crippen LogP contribution is 2.30. The van der Waals surface area contributed by atoms with E-state index < -0.39 is 16.6 Å². The van der Waals surface area contributed by atoms with Crippen molar-refractivity contribution in [2.24, 2.45) is 5.92 Å². The van der Waals surface area contributed by atoms with E-state index in [9.17, 15) is 13.4 Å². The van der Waals surface area contributed by atoms with Gasteiger partial charge in [0.2, 0.25) is 0 Å². The van der Waals surface area contributed by atoms with Crippen molar-refractivity contribution in [3.8, 4) is 0 Å². The van der Waals surface area contributed by atoms with Crippen LogP contribution in [0, 0.1) is 11.7 Å². The van der Waals surface area contributed by atoms with Crippen molar-refractivity contribution in [2.45, 2.75) is 17.7 Å². The maximum Gasteiger partial charge on any atom is 0.148 e. The van der Waals surface area contributed by atoms with Crippen LogP contribution in [-0.2, 0) is 15.6 Å². The molecule has 2 nitrogen and oxygen atoms in total. The molecule has 0 spiro atoms. The summed E-state index contributed by atoms with van der Waals surface area (Å²) in [4.78, 5) is 11.8. The molecule has 1 fully saturated rings. The normalized spacial score (nSPS) is 17.4. The molecule has 15 heavy (non-hydrogen) atoms. The van der Waals surface area contributed by atoms with Gasteiger partial charge in [-0.3, -0.25) is 9.00 Å². The molecular weight excluding hydrogens is 215 g/mol. The van der Waals surface area contributed by atoms with Gasteiger partial charge in [0.25, 0.3) is 0 Å². The molecule has 1 aliphatic carbocycles. The number of carbonyl (C=O) groups excluding carboxylic acids is 1. The molecule has 1 atom stereocenters. The summed E-state index contributed by atoms with van der Waals surface area (Å²) in [6.07, 6.45) is 1.83. The lowest BCUT2D eigenvalue weighted by Crippen LogP contribution is -2.12. The minimum absolute atomic E-state index is 0.0219. The molecule has 0 amide bonds. The van der Waals surface area contributed by atoms with Gasteiger partial charge in [-0.2, -0.15) is 0 Å². The van der Waals surface area contributed by atoms with E-state index in [-0.39, 0.29) is 17.5 Å². The first-order chi connectivity index (χ1) is 7.16. The summed E-state index contributed by atoms with van der Waals surface area (Å²) in [6.45, 7) is 0. The Balaban J connectivity index is 2.03. The fourth-order valence-electron chi connectivity index (χ4n) is 1.34. The summed E-state index contributed by atoms with van der Waals surface area (Å²) >= 11 is 0. The Bertz CT molecular complexity index is 413. The fraction of sp³-hybridized carbons (Fsp3) is 0.364. The zero-order valence-electron chi connectivity index (χ0n) is 8.11. The predicted octanol–water partition coefficient (Wildman–Crippen LogP) is 1.91. The van der Waals surface area contributed by atoms with Crippen molar-refractivity contribution in [1.29, 1.82) is 0 Å². The Hall–Kier alpha value is -1.03. The molecular formula is C11H11FO2S. The van der Waals surface area contributed by atoms with Crippen LogP contribution in [0.5, 0.6) is 0 Å². The first-order valence-corrected chi connectivity index (χ1v) is 6.15. The van der Waals surface area contributed by atoms with E-state index in [1.54, 1.807) is 6.07 Å². The van der Waals surface area contributed by atoms with E-state index in [0.717, 1.165) is 12.8 Å². The highest BCUT2D eigenvalue weighted by atomic mass is 32.2. The van der Waals surface area contributed by atoms with E-state index in [4.69, 9.17) is 0 Å². The second kappa shape index (κ2) is 4.23. The maximum atomic E-state index is 12.8. The monoisotopic (exact) mass is 226 g/mol. The van der Waals surface area contributed by atoms with Crippen LogP contribution in [0.2, 0.25) is 0 Å². The number of hydrogen-bond donors (Lipinski definition) is 0. The number of halogens is 1. The third-order valence-corrected chi connectivity index (χ3v) is 3.69. The van der Waals surface area contributed by atoms with Gasteiger partial charge in [0.1, 0.15) is 11.6 Å². The Kier molecular flexibility index (Phi) is 2.95. The summed E-state index contributed by atoms with van der Waals surface area (Å²) in [5.74, 6) is -0.242. The Morgan fingerprint density at radius 3 is 2.80 bits per heavy atom. The lowest BCUT2D eigenvalue weighted by Gasteiger charge is -2.00. The molecule has 0 aromatic heterocycles. The van der Waals surface area contributed by atoms with Gasteiger partial charge < -0.3 is 0 Å². The summed E-state index contributed by atoms with van der Waals surface area (Å²) in [6, 6.07) is 5.60. The molecule has 1 aromatic carbocycles. The summed E-state index contributed by atoms with van der Waals surface area (Å²) < 4.78 is 24.5. The van der Waals surface area contributed by atoms with Gasteiger partial charge in [0.05, 0.1) is 16.6 Å². The third-order valence-electron chi connectivity index (χ3n) is 2.37. The van der Waals surface area contributed by atoms with Crippen molar-refractivity contribution >= 4 is 16.6 Å². The minimum atomic E-state index is -1.39. The van der Waals surface area contributed by atoms with Gasteiger partial charge in [-0.05, 0) is 31.0 Å². The van der Waals surface area contributed by atoms with E-state index in [1.807, 2.05) is 0 Å². The Morgan fingerprint density at radius 2 is 2.20 bits per heavy atom. The quantitative estimate of drug-likeness (QED) is 0.786. The zero-order chi connectivity index (χ0) is 10.8. The van der Waals surface area contributed by atoms with Gasteiger partial charge in [-0.25, -0.2) is 4.39 Å². The van der Waals surface area contributed by atoms with Crippen LogP contribution in [0.4, 0.5) is 4.39 Å². The molecule has 2 rings (SSSR count). The molecule has 0 heterocycles. The number of ketones is 1. The van der Waals surface area contributed by atoms with Crippen molar-refractivity contribution in [3.63, 3.8) is 0 Å². The van der Waals surface area contributed by atoms with Crippen LogP contribution < -0.4 is 0 Å². The number of carbonyl (C=O) groups is 1. The SMILES string of the molecule is O=C(CS(=O)c1cccc(F)c1)C1CC1. The van der Waals surface area contributed by atoms with Crippen LogP contribution in [0.15, 0.2) is 29.2 Å². The van der Waals surface area contributed by atoms with Crippen molar-refractivity contribution in [1.82, 2.24) is 0 Å². The summed E-state index contributed by atoms with van der Waals surface area (Å²) in [5, 5.41) is 0. The van der Waals surface area contributed by atoms with Gasteiger partial charge in [-0.1, -0.05) is 6.07 Å². The smallest absolute Gasteiger partial charge is 0.148 e. The molecule has 1 aliphatic rings. The zero-order valence-corrected chi connectivity index (χ0v) is 8.93. The van der Waals surface area contributed by atoms with E-state index >= 15 is 0 Å². The number of benzene rings is 1. The second-order valence-corrected chi connectivity index (χ2v) is 5.14. The number of rotatable bonds is 4. The second-order valence-electron chi connectivity index (χ2n) is 3.69. The molecule has 0 radical (unpaired) electrons. The third kappa shape index (κ3) is 2.72. The number of Topliss-reactive ketones (excluding diaryl/α,β-unsaturated/α-hetero) is 1. The molecule has 1 unspecified atom stereocenters. The van der Waals surface area contributed by atoms with Crippen LogP contribution in [0.25, 0.3) is 0 Å². The van der Waals surface area contributed by atoms with Gasteiger partial charge in [0.15, 0.2) is 0 Å². The molecule has 4 heteroatoms.